The lowest BCUT2D eigenvalue weighted by Crippen LogP contribution is -2.17. The maximum Gasteiger partial charge on any atom is 0.277 e. The number of carbonyl (C=O) groups excluding carboxylic acids is 1. The first-order valence-electron chi connectivity index (χ1n) is 8.29. The van der Waals surface area contributed by atoms with Crippen molar-refractivity contribution in [3.05, 3.63) is 41.7 Å². The van der Waals surface area contributed by atoms with Crippen LogP contribution in [0, 0.1) is 11.6 Å². The smallest absolute Gasteiger partial charge is 0.277 e. The zero-order valence-corrected chi connectivity index (χ0v) is 16.4. The summed E-state index contributed by atoms with van der Waals surface area (Å²) >= 11 is 1.77. The fourth-order valence-electron chi connectivity index (χ4n) is 2.28. The summed E-state index contributed by atoms with van der Waals surface area (Å²) in [6.07, 6.45) is 0.645. The summed E-state index contributed by atoms with van der Waals surface area (Å²) in [6.45, 7) is -0.286. The number of nitrogen functional groups attached to an aromatic ring is 1. The van der Waals surface area contributed by atoms with Gasteiger partial charge < -0.3 is 26.0 Å². The second-order valence-corrected chi connectivity index (χ2v) is 7.58. The van der Waals surface area contributed by atoms with Crippen molar-refractivity contribution >= 4 is 39.5 Å². The van der Waals surface area contributed by atoms with Crippen LogP contribution in [-0.4, -0.2) is 44.8 Å². The maximum absolute atomic E-state index is 14.0. The van der Waals surface area contributed by atoms with E-state index in [2.05, 4.69) is 14.7 Å². The Morgan fingerprint density at radius 1 is 1.34 bits per heavy atom. The monoisotopic (exact) mass is 442 g/mol. The molecule has 1 unspecified atom stereocenters. The number of rotatable bonds is 8. The van der Waals surface area contributed by atoms with Gasteiger partial charge in [0.2, 0.25) is 5.06 Å². The second-order valence-electron chi connectivity index (χ2n) is 5.78. The molecule has 1 atom stereocenters. The standard InChI is InChI=1S/C17H16F2N4O4S2/c18-9-2-1-3-10(19)12(9)16-23-13(14(20)28-16)15(26)22-11-6-21-29-17(11)27-5-4-8(25)7-24/h1-3,6,8,24-25H,4-5,7,20H2,(H,22,26). The van der Waals surface area contributed by atoms with Gasteiger partial charge in [-0.15, -0.1) is 0 Å². The van der Waals surface area contributed by atoms with Crippen LogP contribution in [0.15, 0.2) is 24.4 Å². The first-order valence-corrected chi connectivity index (χ1v) is 9.88. The first-order chi connectivity index (χ1) is 13.9. The molecule has 2 heterocycles. The SMILES string of the molecule is Nc1sc(-c2c(F)cccc2F)nc1C(=O)Nc1cnsc1OCCC(O)CO. The summed E-state index contributed by atoms with van der Waals surface area (Å²) in [4.78, 5) is 16.5. The number of amides is 1. The third-order valence-corrected chi connectivity index (χ3v) is 5.34. The van der Waals surface area contributed by atoms with E-state index >= 15 is 0 Å². The number of benzene rings is 1. The zero-order valence-electron chi connectivity index (χ0n) is 14.8. The number of aromatic nitrogens is 2. The van der Waals surface area contributed by atoms with E-state index < -0.39 is 23.6 Å². The molecule has 0 aliphatic carbocycles. The molecule has 12 heteroatoms. The molecule has 0 aliphatic rings. The molecule has 3 aromatic rings. The summed E-state index contributed by atoms with van der Waals surface area (Å²) in [5.74, 6) is -2.32. The van der Waals surface area contributed by atoms with E-state index in [1.54, 1.807) is 0 Å². The average Bonchev–Trinajstić information content (AvgIpc) is 3.28. The number of nitrogens with one attached hydrogen (secondary N) is 1. The third kappa shape index (κ3) is 4.85. The van der Waals surface area contributed by atoms with Gasteiger partial charge in [-0.05, 0) is 12.1 Å². The Labute approximate surface area is 171 Å². The molecule has 0 spiro atoms. The van der Waals surface area contributed by atoms with Crippen LogP contribution in [0.2, 0.25) is 0 Å². The Hall–Kier alpha value is -2.67. The molecule has 0 saturated carbocycles. The molecular weight excluding hydrogens is 426 g/mol. The van der Waals surface area contributed by atoms with Gasteiger partial charge in [0.1, 0.15) is 27.3 Å². The number of halogens is 2. The molecular formula is C17H16F2N4O4S2. The van der Waals surface area contributed by atoms with Gasteiger partial charge >= 0.3 is 0 Å². The molecule has 1 amide bonds. The molecule has 154 valence electrons. The van der Waals surface area contributed by atoms with Gasteiger partial charge in [0.05, 0.1) is 31.1 Å². The minimum atomic E-state index is -0.909. The van der Waals surface area contributed by atoms with E-state index in [9.17, 15) is 18.7 Å². The van der Waals surface area contributed by atoms with Crippen molar-refractivity contribution in [1.29, 1.82) is 0 Å². The number of hydrogen-bond donors (Lipinski definition) is 4. The highest BCUT2D eigenvalue weighted by atomic mass is 32.1. The van der Waals surface area contributed by atoms with Crippen LogP contribution in [0.1, 0.15) is 16.9 Å². The van der Waals surface area contributed by atoms with Gasteiger partial charge in [0, 0.05) is 18.0 Å². The first kappa shape index (κ1) is 21.0. The minimum Gasteiger partial charge on any atom is -0.481 e. The highest BCUT2D eigenvalue weighted by Crippen LogP contribution is 2.35. The van der Waals surface area contributed by atoms with E-state index in [1.807, 2.05) is 0 Å². The molecule has 0 aliphatic heterocycles. The fraction of sp³-hybridized carbons (Fsp3) is 0.235. The largest absolute Gasteiger partial charge is 0.481 e. The lowest BCUT2D eigenvalue weighted by Gasteiger charge is -2.09. The number of aliphatic hydroxyl groups excluding tert-OH is 2. The van der Waals surface area contributed by atoms with Crippen molar-refractivity contribution in [2.24, 2.45) is 0 Å². The highest BCUT2D eigenvalue weighted by Gasteiger charge is 2.22. The van der Waals surface area contributed by atoms with Crippen molar-refractivity contribution in [2.45, 2.75) is 12.5 Å². The number of nitrogens with two attached hydrogens (primary N) is 1. The van der Waals surface area contributed by atoms with Crippen LogP contribution in [0.25, 0.3) is 10.6 Å². The zero-order chi connectivity index (χ0) is 21.0. The summed E-state index contributed by atoms with van der Waals surface area (Å²) < 4.78 is 37.3. The molecule has 2 aromatic heterocycles. The van der Waals surface area contributed by atoms with Gasteiger partial charge in [-0.1, -0.05) is 17.4 Å². The Balaban J connectivity index is 1.74. The Kier molecular flexibility index (Phi) is 6.69. The molecule has 29 heavy (non-hydrogen) atoms. The van der Waals surface area contributed by atoms with Crippen LogP contribution in [0.5, 0.6) is 5.06 Å². The number of carbonyl (C=O) groups is 1. The summed E-state index contributed by atoms with van der Waals surface area (Å²) in [5, 5.41) is 20.9. The molecule has 0 saturated heterocycles. The van der Waals surface area contributed by atoms with Crippen LogP contribution >= 0.6 is 22.9 Å². The summed E-state index contributed by atoms with van der Waals surface area (Å²) in [7, 11) is 0. The molecule has 1 aromatic carbocycles. The van der Waals surface area contributed by atoms with Crippen molar-refractivity contribution in [3.63, 3.8) is 0 Å². The normalized spacial score (nSPS) is 12.0. The van der Waals surface area contributed by atoms with E-state index in [4.69, 9.17) is 15.6 Å². The van der Waals surface area contributed by atoms with Gasteiger partial charge in [0.25, 0.3) is 5.91 Å². The average molecular weight is 442 g/mol. The van der Waals surface area contributed by atoms with Crippen LogP contribution in [0.4, 0.5) is 19.5 Å². The van der Waals surface area contributed by atoms with E-state index in [0.717, 1.165) is 35.0 Å². The van der Waals surface area contributed by atoms with Crippen LogP contribution in [-0.2, 0) is 0 Å². The number of ether oxygens (including phenoxy) is 1. The molecule has 8 nitrogen and oxygen atoms in total. The van der Waals surface area contributed by atoms with Crippen molar-refractivity contribution in [2.75, 3.05) is 24.3 Å². The summed E-state index contributed by atoms with van der Waals surface area (Å²) in [5.41, 5.74) is 5.55. The highest BCUT2D eigenvalue weighted by molar-refractivity contribution is 7.19. The van der Waals surface area contributed by atoms with Crippen molar-refractivity contribution < 1.29 is 28.5 Å². The molecule has 3 rings (SSSR count). The lowest BCUT2D eigenvalue weighted by atomic mass is 10.2. The van der Waals surface area contributed by atoms with E-state index in [0.29, 0.717) is 0 Å². The second kappa shape index (κ2) is 9.22. The quantitative estimate of drug-likeness (QED) is 0.422. The number of hydrogen-bond acceptors (Lipinski definition) is 9. The van der Waals surface area contributed by atoms with Gasteiger partial charge in [-0.2, -0.15) is 4.37 Å². The summed E-state index contributed by atoms with van der Waals surface area (Å²) in [6, 6.07) is 3.40. The van der Waals surface area contributed by atoms with Gasteiger partial charge in [-0.25, -0.2) is 13.8 Å². The minimum absolute atomic E-state index is 0.00289. The van der Waals surface area contributed by atoms with E-state index in [-0.39, 0.29) is 51.7 Å². The third-order valence-electron chi connectivity index (χ3n) is 3.73. The number of aliphatic hydroxyl groups is 2. The predicted octanol–water partition coefficient (Wildman–Crippen LogP) is 2.50. The molecule has 5 N–H and O–H groups in total. The van der Waals surface area contributed by atoms with Crippen LogP contribution in [0.3, 0.4) is 0 Å². The predicted molar refractivity (Wildman–Crippen MR) is 105 cm³/mol. The Bertz CT molecular complexity index is 991. The van der Waals surface area contributed by atoms with Crippen LogP contribution < -0.4 is 15.8 Å². The lowest BCUT2D eigenvalue weighted by molar-refractivity contribution is 0.0759. The number of nitrogens with zero attached hydrogens (tertiary/aromatic N) is 2. The Morgan fingerprint density at radius 3 is 2.76 bits per heavy atom. The maximum atomic E-state index is 14.0. The van der Waals surface area contributed by atoms with Gasteiger partial charge in [-0.3, -0.25) is 4.79 Å². The molecule has 0 radical (unpaired) electrons. The fourth-order valence-corrected chi connectivity index (χ4v) is 3.75. The molecule has 0 bridgehead atoms. The molecule has 0 fully saturated rings. The number of anilines is 2. The van der Waals surface area contributed by atoms with E-state index in [1.165, 1.54) is 12.3 Å². The van der Waals surface area contributed by atoms with Crippen molar-refractivity contribution in [3.8, 4) is 15.6 Å². The Morgan fingerprint density at radius 2 is 2.07 bits per heavy atom. The topological polar surface area (TPSA) is 131 Å². The van der Waals surface area contributed by atoms with Gasteiger partial charge in [0.15, 0.2) is 5.69 Å². The number of thiazole rings is 1. The van der Waals surface area contributed by atoms with Crippen molar-refractivity contribution in [1.82, 2.24) is 9.36 Å².